The Morgan fingerprint density at radius 2 is 1.71 bits per heavy atom. The molecule has 0 radical (unpaired) electrons. The highest BCUT2D eigenvalue weighted by atomic mass is 35.5. The molecule has 3 aliphatic rings. The number of rotatable bonds is 11. The first-order chi connectivity index (χ1) is 22.0. The van der Waals surface area contributed by atoms with E-state index in [1.165, 1.54) is 19.3 Å². The van der Waals surface area contributed by atoms with Gasteiger partial charge in [-0.2, -0.15) is 0 Å². The molecule has 3 aromatic rings. The van der Waals surface area contributed by atoms with E-state index >= 15 is 0 Å². The van der Waals surface area contributed by atoms with Crippen LogP contribution in [0, 0.1) is 6.92 Å². The summed E-state index contributed by atoms with van der Waals surface area (Å²) in [6.07, 6.45) is 6.30. The number of carboxylic acid groups (broad SMARTS) is 1. The van der Waals surface area contributed by atoms with Crippen LogP contribution in [0.3, 0.4) is 0 Å². The molecule has 0 saturated carbocycles. The molecule has 9 heteroatoms. The Kier molecular flexibility index (Phi) is 10.3. The van der Waals surface area contributed by atoms with Gasteiger partial charge in [-0.15, -0.1) is 0 Å². The minimum Gasteiger partial charge on any atom is -0.492 e. The standard InChI is InChI=1S/C36H43ClN2O6/c1-25-27(8-7-9-29(25)26-11-12-32-35(21-26)44-19-18-43-32)24-45-34-22-33(42-17-16-38-13-4-2-5-14-38)28(20-30(34)37)23-39-15-6-3-10-31(39)36(40)41/h7-9,11-12,20-22,31H,2-6,10,13-19,23-24H2,1H3,(H,40,41)/t31-/m0/s1. The fourth-order valence-electron chi connectivity index (χ4n) is 6.61. The van der Waals surface area contributed by atoms with E-state index in [1.807, 2.05) is 35.2 Å². The van der Waals surface area contributed by atoms with E-state index in [0.29, 0.717) is 55.9 Å². The van der Waals surface area contributed by atoms with Crippen molar-refractivity contribution in [2.75, 3.05) is 46.0 Å². The molecule has 6 rings (SSSR count). The summed E-state index contributed by atoms with van der Waals surface area (Å²) in [5.41, 5.74) is 5.21. The Labute approximate surface area is 270 Å². The van der Waals surface area contributed by atoms with Gasteiger partial charge in [0.1, 0.15) is 44.0 Å². The zero-order valence-corrected chi connectivity index (χ0v) is 26.8. The number of benzene rings is 3. The first kappa shape index (κ1) is 31.5. The van der Waals surface area contributed by atoms with E-state index in [1.54, 1.807) is 0 Å². The summed E-state index contributed by atoms with van der Waals surface area (Å²) >= 11 is 6.83. The molecule has 0 bridgehead atoms. The minimum absolute atomic E-state index is 0.337. The van der Waals surface area contributed by atoms with Crippen LogP contribution in [0.2, 0.25) is 5.02 Å². The Morgan fingerprint density at radius 3 is 2.53 bits per heavy atom. The van der Waals surface area contributed by atoms with Crippen LogP contribution in [-0.2, 0) is 17.9 Å². The Balaban J connectivity index is 1.20. The molecule has 45 heavy (non-hydrogen) atoms. The molecule has 0 unspecified atom stereocenters. The van der Waals surface area contributed by atoms with Crippen molar-refractivity contribution in [2.24, 2.45) is 0 Å². The summed E-state index contributed by atoms with van der Waals surface area (Å²) in [4.78, 5) is 16.5. The van der Waals surface area contributed by atoms with Gasteiger partial charge >= 0.3 is 5.97 Å². The van der Waals surface area contributed by atoms with Crippen molar-refractivity contribution in [3.05, 3.63) is 70.2 Å². The molecule has 8 nitrogen and oxygen atoms in total. The lowest BCUT2D eigenvalue weighted by atomic mass is 9.96. The van der Waals surface area contributed by atoms with E-state index < -0.39 is 12.0 Å². The third-order valence-corrected chi connectivity index (χ3v) is 9.48. The van der Waals surface area contributed by atoms with Crippen LogP contribution >= 0.6 is 11.6 Å². The molecule has 240 valence electrons. The lowest BCUT2D eigenvalue weighted by Gasteiger charge is -2.33. The lowest BCUT2D eigenvalue weighted by molar-refractivity contribution is -0.144. The number of likely N-dealkylation sites (tertiary alicyclic amines) is 2. The predicted molar refractivity (Wildman–Crippen MR) is 175 cm³/mol. The van der Waals surface area contributed by atoms with Crippen molar-refractivity contribution in [3.63, 3.8) is 0 Å². The van der Waals surface area contributed by atoms with E-state index in [4.69, 9.17) is 30.5 Å². The average Bonchev–Trinajstić information content (AvgIpc) is 3.06. The van der Waals surface area contributed by atoms with Gasteiger partial charge in [0.15, 0.2) is 11.5 Å². The number of hydrogen-bond donors (Lipinski definition) is 1. The number of ether oxygens (including phenoxy) is 4. The second-order valence-electron chi connectivity index (χ2n) is 12.2. The second-order valence-corrected chi connectivity index (χ2v) is 12.6. The van der Waals surface area contributed by atoms with Crippen molar-refractivity contribution in [1.82, 2.24) is 9.80 Å². The second kappa shape index (κ2) is 14.8. The number of piperidine rings is 2. The summed E-state index contributed by atoms with van der Waals surface area (Å²) in [6.45, 7) is 8.35. The third kappa shape index (κ3) is 7.68. The number of halogens is 1. The monoisotopic (exact) mass is 634 g/mol. The highest BCUT2D eigenvalue weighted by Gasteiger charge is 2.29. The first-order valence-corrected chi connectivity index (χ1v) is 16.6. The summed E-state index contributed by atoms with van der Waals surface area (Å²) in [7, 11) is 0. The molecular formula is C36H43ClN2O6. The van der Waals surface area contributed by atoms with Gasteiger partial charge in [-0.05, 0) is 92.7 Å². The van der Waals surface area contributed by atoms with Crippen LogP contribution in [0.15, 0.2) is 48.5 Å². The number of aliphatic carboxylic acids is 1. The number of hydrogen-bond acceptors (Lipinski definition) is 7. The van der Waals surface area contributed by atoms with Gasteiger partial charge in [0, 0.05) is 24.7 Å². The van der Waals surface area contributed by atoms with E-state index in [-0.39, 0.29) is 0 Å². The number of carbonyl (C=O) groups is 1. The predicted octanol–water partition coefficient (Wildman–Crippen LogP) is 6.97. The van der Waals surface area contributed by atoms with Crippen LogP contribution in [0.1, 0.15) is 55.2 Å². The zero-order valence-electron chi connectivity index (χ0n) is 26.1. The fraction of sp³-hybridized carbons (Fsp3) is 0.472. The maximum absolute atomic E-state index is 12.0. The van der Waals surface area contributed by atoms with Crippen LogP contribution in [-0.4, -0.2) is 72.9 Å². The SMILES string of the molecule is Cc1c(COc2cc(OCCN3CCCCC3)c(CN3CCCC[C@H]3C(=O)O)cc2Cl)cccc1-c1ccc2c(c1)OCCO2. The molecule has 0 spiro atoms. The maximum Gasteiger partial charge on any atom is 0.320 e. The summed E-state index contributed by atoms with van der Waals surface area (Å²) < 4.78 is 24.3. The molecule has 1 atom stereocenters. The normalized spacial score (nSPS) is 18.8. The number of carboxylic acids is 1. The van der Waals surface area contributed by atoms with Gasteiger partial charge in [0.2, 0.25) is 0 Å². The highest BCUT2D eigenvalue weighted by molar-refractivity contribution is 6.32. The molecule has 0 amide bonds. The molecule has 3 heterocycles. The number of fused-ring (bicyclic) bond motifs is 1. The van der Waals surface area contributed by atoms with Crippen molar-refractivity contribution in [1.29, 1.82) is 0 Å². The Morgan fingerprint density at radius 1 is 0.911 bits per heavy atom. The van der Waals surface area contributed by atoms with Crippen molar-refractivity contribution >= 4 is 17.6 Å². The van der Waals surface area contributed by atoms with E-state index in [0.717, 1.165) is 78.3 Å². The van der Waals surface area contributed by atoms with Crippen LogP contribution < -0.4 is 18.9 Å². The minimum atomic E-state index is -0.776. The molecule has 2 saturated heterocycles. The number of nitrogens with zero attached hydrogens (tertiary/aromatic N) is 2. The van der Waals surface area contributed by atoms with Crippen LogP contribution in [0.4, 0.5) is 0 Å². The molecule has 0 aromatic heterocycles. The van der Waals surface area contributed by atoms with Gasteiger partial charge in [-0.25, -0.2) is 0 Å². The first-order valence-electron chi connectivity index (χ1n) is 16.2. The molecule has 0 aliphatic carbocycles. The highest BCUT2D eigenvalue weighted by Crippen LogP contribution is 2.38. The van der Waals surface area contributed by atoms with Gasteiger partial charge in [-0.1, -0.05) is 48.7 Å². The van der Waals surface area contributed by atoms with Crippen molar-refractivity contribution < 1.29 is 28.8 Å². The van der Waals surface area contributed by atoms with Crippen LogP contribution in [0.25, 0.3) is 11.1 Å². The summed E-state index contributed by atoms with van der Waals surface area (Å²) in [5.74, 6) is 2.00. The third-order valence-electron chi connectivity index (χ3n) is 9.18. The Hall–Kier alpha value is -3.46. The smallest absolute Gasteiger partial charge is 0.320 e. The molecule has 2 fully saturated rings. The molecular weight excluding hydrogens is 592 g/mol. The van der Waals surface area contributed by atoms with Crippen molar-refractivity contribution in [2.45, 2.75) is 64.6 Å². The maximum atomic E-state index is 12.0. The van der Waals surface area contributed by atoms with Gasteiger partial charge in [-0.3, -0.25) is 14.6 Å². The molecule has 3 aromatic carbocycles. The van der Waals surface area contributed by atoms with Gasteiger partial charge in [0.05, 0.1) is 5.02 Å². The van der Waals surface area contributed by atoms with E-state index in [9.17, 15) is 9.90 Å². The van der Waals surface area contributed by atoms with E-state index in [2.05, 4.69) is 30.0 Å². The largest absolute Gasteiger partial charge is 0.492 e. The van der Waals surface area contributed by atoms with Gasteiger partial charge < -0.3 is 24.1 Å². The summed E-state index contributed by atoms with van der Waals surface area (Å²) in [5, 5.41) is 10.3. The lowest BCUT2D eigenvalue weighted by Crippen LogP contribution is -2.44. The molecule has 1 N–H and O–H groups in total. The van der Waals surface area contributed by atoms with Crippen molar-refractivity contribution in [3.8, 4) is 34.1 Å². The molecule has 3 aliphatic heterocycles. The zero-order chi connectivity index (χ0) is 31.2. The average molecular weight is 635 g/mol. The van der Waals surface area contributed by atoms with Gasteiger partial charge in [0.25, 0.3) is 0 Å². The summed E-state index contributed by atoms with van der Waals surface area (Å²) in [6, 6.07) is 15.5. The Bertz CT molecular complexity index is 1490. The van der Waals surface area contributed by atoms with Crippen LogP contribution in [0.5, 0.6) is 23.0 Å². The fourth-order valence-corrected chi connectivity index (χ4v) is 6.85. The quantitative estimate of drug-likeness (QED) is 0.242. The topological polar surface area (TPSA) is 80.7 Å².